The topological polar surface area (TPSA) is 71.8 Å². The van der Waals surface area contributed by atoms with Crippen molar-refractivity contribution in [1.82, 2.24) is 4.90 Å². The van der Waals surface area contributed by atoms with Crippen molar-refractivity contribution in [2.45, 2.75) is 110 Å². The van der Waals surface area contributed by atoms with Crippen LogP contribution in [0.3, 0.4) is 0 Å². The van der Waals surface area contributed by atoms with E-state index in [2.05, 4.69) is 45.9 Å². The lowest BCUT2D eigenvalue weighted by atomic mass is 9.29. The molecule has 0 aromatic heterocycles. The van der Waals surface area contributed by atoms with E-state index in [1.165, 1.54) is 24.8 Å². The van der Waals surface area contributed by atoms with Gasteiger partial charge in [0.2, 0.25) is 0 Å². The highest BCUT2D eigenvalue weighted by Crippen LogP contribution is 2.79. The molecule has 1 aromatic rings. The molecule has 5 aliphatic rings. The Hall–Kier alpha value is -2.04. The number of amides is 1. The first-order valence-electron chi connectivity index (χ1n) is 14.0. The van der Waals surface area contributed by atoms with Crippen LogP contribution < -0.4 is 0 Å². The quantitative estimate of drug-likeness (QED) is 0.428. The van der Waals surface area contributed by atoms with E-state index in [9.17, 15) is 10.1 Å². The summed E-state index contributed by atoms with van der Waals surface area (Å²) >= 11 is 0. The maximum Gasteiger partial charge on any atom is 0.465 e. The first kappa shape index (κ1) is 26.6. The minimum atomic E-state index is -0.448. The third-order valence-electron chi connectivity index (χ3n) is 9.91. The number of carbonyl (C=O) groups excluding carboxylic acids is 1. The summed E-state index contributed by atoms with van der Waals surface area (Å²) in [7, 11) is -0.292. The van der Waals surface area contributed by atoms with Crippen LogP contribution in [0.25, 0.3) is 0 Å². The molecule has 1 aromatic carbocycles. The molecule has 0 radical (unpaired) electrons. The second-order valence-corrected chi connectivity index (χ2v) is 14.3. The maximum absolute atomic E-state index is 12.5. The summed E-state index contributed by atoms with van der Waals surface area (Å²) in [5, 5.41) is 9.28. The number of carbonyl (C=O) groups is 1. The Bertz CT molecular complexity index is 1040. The molecule has 6 nitrogen and oxygen atoms in total. The smallest absolute Gasteiger partial charge is 0.444 e. The highest BCUT2D eigenvalue weighted by Gasteiger charge is 2.70. The second-order valence-electron chi connectivity index (χ2n) is 14.3. The molecule has 2 heterocycles. The zero-order valence-corrected chi connectivity index (χ0v) is 23.7. The molecule has 3 aliphatic carbocycles. The molecule has 37 heavy (non-hydrogen) atoms. The van der Waals surface area contributed by atoms with Gasteiger partial charge in [0.1, 0.15) is 5.60 Å². The van der Waals surface area contributed by atoms with Gasteiger partial charge in [-0.2, -0.15) is 5.26 Å². The molecule has 0 N–H and O–H groups in total. The average molecular weight is 506 g/mol. The summed E-state index contributed by atoms with van der Waals surface area (Å²) in [5.41, 5.74) is 1.49. The van der Waals surface area contributed by atoms with Gasteiger partial charge in [-0.15, -0.1) is 0 Å². The Morgan fingerprint density at radius 1 is 1.08 bits per heavy atom. The van der Waals surface area contributed by atoms with Gasteiger partial charge in [-0.1, -0.05) is 12.1 Å². The van der Waals surface area contributed by atoms with E-state index in [4.69, 9.17) is 14.0 Å². The van der Waals surface area contributed by atoms with Crippen molar-refractivity contribution in [1.29, 1.82) is 5.26 Å². The lowest BCUT2D eigenvalue weighted by Crippen LogP contribution is -2.66. The van der Waals surface area contributed by atoms with E-state index in [0.29, 0.717) is 22.3 Å². The molecule has 2 aliphatic heterocycles. The van der Waals surface area contributed by atoms with Crippen LogP contribution in [0.5, 0.6) is 0 Å². The van der Waals surface area contributed by atoms with Crippen LogP contribution in [0.2, 0.25) is 0 Å². The van der Waals surface area contributed by atoms with Gasteiger partial charge in [0.25, 0.3) is 0 Å². The van der Waals surface area contributed by atoms with Crippen LogP contribution in [-0.2, 0) is 14.0 Å². The molecule has 6 rings (SSSR count). The number of benzene rings is 1. The summed E-state index contributed by atoms with van der Waals surface area (Å²) in [5.74, 6) is 0.833. The average Bonchev–Trinajstić information content (AvgIpc) is 2.98. The largest absolute Gasteiger partial charge is 0.465 e. The molecule has 3 saturated carbocycles. The minimum absolute atomic E-state index is 0.140. The standard InChI is InChI=1S/C30H43BN2O4/c1-26(2,3)35-25(34)33-14-12-23(13-15-33)30-18-29(19-30,20-30)16-24(22-10-8-21(17-32)9-11-22)31-36-27(4,5)28(6,7)37-31/h8-11,23-24H,12-16,18-20H2,1-7H3. The van der Waals surface area contributed by atoms with E-state index in [1.807, 2.05) is 37.8 Å². The zero-order chi connectivity index (χ0) is 26.9. The molecular formula is C30H43BN2O4. The lowest BCUT2D eigenvalue weighted by molar-refractivity contribution is -0.246. The van der Waals surface area contributed by atoms with E-state index in [1.54, 1.807) is 0 Å². The molecule has 1 atom stereocenters. The van der Waals surface area contributed by atoms with Gasteiger partial charge in [-0.05, 0) is 121 Å². The Morgan fingerprint density at radius 3 is 2.11 bits per heavy atom. The SMILES string of the molecule is CC(C)(C)OC(=O)N1CCC(C23CC(CC(B4OC(C)(C)C(C)(C)O4)c4ccc(C#N)cc4)(C2)C3)CC1. The Labute approximate surface area is 223 Å². The van der Waals surface area contributed by atoms with Crippen molar-refractivity contribution in [3.8, 4) is 6.07 Å². The summed E-state index contributed by atoms with van der Waals surface area (Å²) in [6.45, 7) is 15.8. The first-order chi connectivity index (χ1) is 17.2. The number of nitrogens with zero attached hydrogens (tertiary/aromatic N) is 2. The number of ether oxygens (including phenoxy) is 1. The molecule has 0 spiro atoms. The second kappa shape index (κ2) is 8.75. The number of piperidine rings is 1. The Balaban J connectivity index is 1.23. The minimum Gasteiger partial charge on any atom is -0.444 e. The monoisotopic (exact) mass is 506 g/mol. The van der Waals surface area contributed by atoms with Gasteiger partial charge in [0.15, 0.2) is 0 Å². The van der Waals surface area contributed by atoms with Gasteiger partial charge in [0, 0.05) is 18.9 Å². The summed E-state index contributed by atoms with van der Waals surface area (Å²) in [4.78, 5) is 14.4. The fraction of sp³-hybridized carbons (Fsp3) is 0.733. The number of hydrogen-bond acceptors (Lipinski definition) is 5. The molecule has 5 fully saturated rings. The number of nitriles is 1. The first-order valence-corrected chi connectivity index (χ1v) is 14.0. The van der Waals surface area contributed by atoms with E-state index in [-0.39, 0.29) is 30.2 Å². The van der Waals surface area contributed by atoms with Gasteiger partial charge in [-0.25, -0.2) is 4.79 Å². The lowest BCUT2D eigenvalue weighted by Gasteiger charge is -2.75. The molecule has 200 valence electrons. The maximum atomic E-state index is 12.5. The third-order valence-corrected chi connectivity index (χ3v) is 9.91. The van der Waals surface area contributed by atoms with Crippen LogP contribution >= 0.6 is 0 Å². The van der Waals surface area contributed by atoms with Crippen molar-refractivity contribution in [2.24, 2.45) is 16.7 Å². The van der Waals surface area contributed by atoms with Gasteiger partial charge in [0.05, 0.1) is 22.8 Å². The van der Waals surface area contributed by atoms with Crippen LogP contribution in [0.4, 0.5) is 4.79 Å². The van der Waals surface area contributed by atoms with Crippen LogP contribution in [0, 0.1) is 28.1 Å². The molecule has 7 heteroatoms. The summed E-state index contributed by atoms with van der Waals surface area (Å²) < 4.78 is 18.7. The van der Waals surface area contributed by atoms with Crippen LogP contribution in [0.15, 0.2) is 24.3 Å². The van der Waals surface area contributed by atoms with Crippen molar-refractivity contribution >= 4 is 13.2 Å². The predicted molar refractivity (Wildman–Crippen MR) is 144 cm³/mol. The highest BCUT2D eigenvalue weighted by molar-refractivity contribution is 6.47. The zero-order valence-electron chi connectivity index (χ0n) is 23.7. The summed E-state index contributed by atoms with van der Waals surface area (Å²) in [6, 6.07) is 10.2. The van der Waals surface area contributed by atoms with Gasteiger partial charge in [-0.3, -0.25) is 0 Å². The van der Waals surface area contributed by atoms with Crippen LogP contribution in [0.1, 0.15) is 104 Å². The Kier molecular flexibility index (Phi) is 6.28. The fourth-order valence-corrected chi connectivity index (χ4v) is 7.43. The molecular weight excluding hydrogens is 463 g/mol. The highest BCUT2D eigenvalue weighted by atomic mass is 16.7. The fourth-order valence-electron chi connectivity index (χ4n) is 7.43. The Morgan fingerprint density at radius 2 is 1.62 bits per heavy atom. The van der Waals surface area contributed by atoms with Crippen LogP contribution in [-0.4, -0.2) is 48.0 Å². The van der Waals surface area contributed by atoms with Crippen molar-refractivity contribution in [3.05, 3.63) is 35.4 Å². The van der Waals surface area contributed by atoms with E-state index >= 15 is 0 Å². The van der Waals surface area contributed by atoms with Crippen molar-refractivity contribution in [3.63, 3.8) is 0 Å². The van der Waals surface area contributed by atoms with Gasteiger partial charge >= 0.3 is 13.2 Å². The number of hydrogen-bond donors (Lipinski definition) is 0. The van der Waals surface area contributed by atoms with Gasteiger partial charge < -0.3 is 18.9 Å². The molecule has 1 amide bonds. The van der Waals surface area contributed by atoms with E-state index in [0.717, 1.165) is 32.4 Å². The molecule has 1 unspecified atom stereocenters. The van der Waals surface area contributed by atoms with Crippen molar-refractivity contribution in [2.75, 3.05) is 13.1 Å². The number of rotatable bonds is 5. The molecule has 2 bridgehead atoms. The van der Waals surface area contributed by atoms with Crippen molar-refractivity contribution < 1.29 is 18.8 Å². The third kappa shape index (κ3) is 4.81. The summed E-state index contributed by atoms with van der Waals surface area (Å²) in [6.07, 6.45) is 6.83. The predicted octanol–water partition coefficient (Wildman–Crippen LogP) is 6.48. The number of likely N-dealkylation sites (tertiary alicyclic amines) is 1. The normalized spacial score (nSPS) is 31.2. The molecule has 2 saturated heterocycles. The van der Waals surface area contributed by atoms with E-state index < -0.39 is 5.60 Å².